The lowest BCUT2D eigenvalue weighted by Gasteiger charge is -2.27. The summed E-state index contributed by atoms with van der Waals surface area (Å²) in [5, 5.41) is 3.62. The fourth-order valence-electron chi connectivity index (χ4n) is 4.80. The van der Waals surface area contributed by atoms with Gasteiger partial charge in [-0.25, -0.2) is 9.55 Å². The summed E-state index contributed by atoms with van der Waals surface area (Å²) in [4.78, 5) is 19.9. The van der Waals surface area contributed by atoms with E-state index < -0.39 is 50.0 Å². The molecule has 5 rings (SSSR count). The van der Waals surface area contributed by atoms with E-state index in [4.69, 9.17) is 28.0 Å². The molecule has 0 radical (unpaired) electrons. The maximum atomic E-state index is 13.9. The minimum absolute atomic E-state index is 0.151. The number of ether oxygens (including phenoxy) is 4. The number of esters is 1. The average Bonchev–Trinajstić information content (AvgIpc) is 3.56. The molecular weight excluding hydrogens is 525 g/mol. The van der Waals surface area contributed by atoms with Crippen LogP contribution in [0.25, 0.3) is 11.0 Å². The van der Waals surface area contributed by atoms with E-state index in [1.807, 2.05) is 32.2 Å². The number of aromatic nitrogens is 2. The van der Waals surface area contributed by atoms with E-state index in [0.29, 0.717) is 5.75 Å². The second-order valence-electron chi connectivity index (χ2n) is 10.3. The van der Waals surface area contributed by atoms with Crippen molar-refractivity contribution in [1.29, 1.82) is 0 Å². The van der Waals surface area contributed by atoms with Crippen LogP contribution in [0.2, 0.25) is 0 Å². The lowest BCUT2D eigenvalue weighted by atomic mass is 10.0. The third-order valence-corrected chi connectivity index (χ3v) is 8.03. The first-order chi connectivity index (χ1) is 18.5. The Hall–Kier alpha value is -2.79. The number of rotatable bonds is 10. The first-order valence-electron chi connectivity index (χ1n) is 12.9. The fraction of sp³-hybridized carbons (Fsp3) is 0.481. The number of para-hydroxylation sites is 1. The number of nitrogens with one attached hydrogen (secondary N) is 2. The van der Waals surface area contributed by atoms with Crippen LogP contribution in [0, 0.1) is 0 Å². The first-order valence-corrected chi connectivity index (χ1v) is 14.5. The monoisotopic (exact) mass is 559 g/mol. The van der Waals surface area contributed by atoms with Crippen LogP contribution >= 0.6 is 7.75 Å². The van der Waals surface area contributed by atoms with Crippen LogP contribution < -0.4 is 9.61 Å². The first kappa shape index (κ1) is 27.8. The average molecular weight is 560 g/mol. The van der Waals surface area contributed by atoms with Gasteiger partial charge in [0.25, 0.3) is 0 Å². The summed E-state index contributed by atoms with van der Waals surface area (Å²) >= 11 is 0. The Balaban J connectivity index is 1.37. The topological polar surface area (TPSA) is 130 Å². The number of nitrogens with zero attached hydrogens (tertiary/aromatic N) is 1. The minimum Gasteiger partial charge on any atom is -0.462 e. The predicted molar refractivity (Wildman–Crippen MR) is 142 cm³/mol. The molecule has 2 saturated heterocycles. The van der Waals surface area contributed by atoms with Crippen molar-refractivity contribution in [3.05, 3.63) is 60.4 Å². The third-order valence-electron chi connectivity index (χ3n) is 6.38. The SMILES string of the molecule is CC(C)OC(=O)[C@@H](C)N[P@@](=O)(OC[C@H]1O[C@@H](c2ccnc3[nH]ccc23)[C@@H]2OC(C)(C)O[C@@H]21)Oc1ccccc1. The van der Waals surface area contributed by atoms with Gasteiger partial charge < -0.3 is 28.5 Å². The molecule has 0 saturated carbocycles. The lowest BCUT2D eigenvalue weighted by molar-refractivity contribution is -0.190. The van der Waals surface area contributed by atoms with Crippen LogP contribution in [-0.4, -0.2) is 58.8 Å². The fourth-order valence-corrected chi connectivity index (χ4v) is 6.30. The van der Waals surface area contributed by atoms with E-state index in [-0.39, 0.29) is 12.7 Å². The Morgan fingerprint density at radius 3 is 2.62 bits per heavy atom. The summed E-state index contributed by atoms with van der Waals surface area (Å²) in [5.41, 5.74) is 1.63. The van der Waals surface area contributed by atoms with Crippen LogP contribution in [0.4, 0.5) is 0 Å². The van der Waals surface area contributed by atoms with Crippen molar-refractivity contribution >= 4 is 24.7 Å². The Morgan fingerprint density at radius 2 is 1.87 bits per heavy atom. The van der Waals surface area contributed by atoms with Crippen LogP contribution in [0.15, 0.2) is 54.9 Å². The molecule has 2 aliphatic rings. The predicted octanol–water partition coefficient (Wildman–Crippen LogP) is 4.66. The molecule has 0 spiro atoms. The van der Waals surface area contributed by atoms with Crippen LogP contribution in [0.3, 0.4) is 0 Å². The minimum atomic E-state index is -4.08. The lowest BCUT2D eigenvalue weighted by Crippen LogP contribution is -2.38. The molecule has 12 heteroatoms. The van der Waals surface area contributed by atoms with Crippen molar-refractivity contribution in [3.63, 3.8) is 0 Å². The third kappa shape index (κ3) is 6.19. The van der Waals surface area contributed by atoms with Gasteiger partial charge in [-0.3, -0.25) is 9.32 Å². The molecule has 0 unspecified atom stereocenters. The van der Waals surface area contributed by atoms with Gasteiger partial charge >= 0.3 is 13.7 Å². The van der Waals surface area contributed by atoms with Crippen molar-refractivity contribution in [2.24, 2.45) is 0 Å². The van der Waals surface area contributed by atoms with Gasteiger partial charge in [0.2, 0.25) is 0 Å². The molecule has 2 aliphatic heterocycles. The van der Waals surface area contributed by atoms with Crippen LogP contribution in [0.1, 0.15) is 46.3 Å². The van der Waals surface area contributed by atoms with E-state index in [9.17, 15) is 9.36 Å². The smallest absolute Gasteiger partial charge is 0.459 e. The molecule has 0 aliphatic carbocycles. The van der Waals surface area contributed by atoms with Gasteiger partial charge in [-0.1, -0.05) is 18.2 Å². The molecule has 39 heavy (non-hydrogen) atoms. The number of benzene rings is 1. The van der Waals surface area contributed by atoms with E-state index >= 15 is 0 Å². The number of hydrogen-bond donors (Lipinski definition) is 2. The van der Waals surface area contributed by atoms with Gasteiger partial charge in [0.05, 0.1) is 12.7 Å². The second kappa shape index (κ2) is 11.0. The molecular formula is C27H34N3O8P. The maximum Gasteiger partial charge on any atom is 0.459 e. The number of carbonyl (C=O) groups excluding carboxylic acids is 1. The largest absolute Gasteiger partial charge is 0.462 e. The maximum absolute atomic E-state index is 13.9. The molecule has 4 heterocycles. The highest BCUT2D eigenvalue weighted by molar-refractivity contribution is 7.52. The van der Waals surface area contributed by atoms with Crippen LogP contribution in [-0.2, 0) is 32.8 Å². The van der Waals surface area contributed by atoms with Gasteiger partial charge in [-0.15, -0.1) is 0 Å². The second-order valence-corrected chi connectivity index (χ2v) is 12.0. The van der Waals surface area contributed by atoms with E-state index in [1.165, 1.54) is 6.92 Å². The molecule has 11 nitrogen and oxygen atoms in total. The van der Waals surface area contributed by atoms with Gasteiger partial charge in [0.1, 0.15) is 41.9 Å². The molecule has 0 bridgehead atoms. The van der Waals surface area contributed by atoms with Crippen molar-refractivity contribution in [2.75, 3.05) is 6.61 Å². The summed E-state index contributed by atoms with van der Waals surface area (Å²) in [6, 6.07) is 11.5. The summed E-state index contributed by atoms with van der Waals surface area (Å²) in [5.74, 6) is -1.11. The van der Waals surface area contributed by atoms with Crippen molar-refractivity contribution in [1.82, 2.24) is 15.1 Å². The number of aromatic amines is 1. The molecule has 2 fully saturated rings. The van der Waals surface area contributed by atoms with Crippen molar-refractivity contribution in [2.45, 2.75) is 77.0 Å². The molecule has 2 N–H and O–H groups in total. The highest BCUT2D eigenvalue weighted by atomic mass is 31.2. The summed E-state index contributed by atoms with van der Waals surface area (Å²) in [6.45, 7) is 8.54. The number of carbonyl (C=O) groups is 1. The van der Waals surface area contributed by atoms with E-state index in [2.05, 4.69) is 15.1 Å². The number of H-pyrrole nitrogens is 1. The molecule has 2 aromatic heterocycles. The normalized spacial score (nSPS) is 26.3. The summed E-state index contributed by atoms with van der Waals surface area (Å²) in [7, 11) is -4.08. The Kier molecular flexibility index (Phi) is 7.83. The van der Waals surface area contributed by atoms with Gasteiger partial charge in [0.15, 0.2) is 5.79 Å². The Labute approximate surface area is 227 Å². The van der Waals surface area contributed by atoms with Gasteiger partial charge in [-0.05, 0) is 64.4 Å². The Bertz CT molecular complexity index is 1350. The standard InChI is InChI=1S/C27H34N3O8P/c1-16(2)34-26(31)17(3)30-39(32,38-18-9-7-6-8-10-18)33-15-21-23-24(37-27(4,5)36-23)22(35-21)19-11-13-28-25-20(19)12-14-29-25/h6-14,16-17,21-24H,15H2,1-5H3,(H,28,29)(H,30,32)/t17-,21-,22+,23-,24+,39-/m1/s1. The number of hydrogen-bond acceptors (Lipinski definition) is 9. The zero-order valence-electron chi connectivity index (χ0n) is 22.5. The van der Waals surface area contributed by atoms with Crippen molar-refractivity contribution in [3.8, 4) is 5.75 Å². The summed E-state index contributed by atoms with van der Waals surface area (Å²) < 4.78 is 49.8. The number of fused-ring (bicyclic) bond motifs is 2. The molecule has 6 atom stereocenters. The van der Waals surface area contributed by atoms with E-state index in [1.54, 1.807) is 50.4 Å². The number of pyridine rings is 1. The van der Waals surface area contributed by atoms with Crippen molar-refractivity contribution < 1.29 is 37.4 Å². The Morgan fingerprint density at radius 1 is 1.13 bits per heavy atom. The molecule has 0 amide bonds. The molecule has 1 aromatic carbocycles. The molecule has 210 valence electrons. The highest BCUT2D eigenvalue weighted by Gasteiger charge is 2.56. The highest BCUT2D eigenvalue weighted by Crippen LogP contribution is 2.49. The van der Waals surface area contributed by atoms with Crippen LogP contribution in [0.5, 0.6) is 5.75 Å². The van der Waals surface area contributed by atoms with E-state index in [0.717, 1.165) is 16.6 Å². The van der Waals surface area contributed by atoms with Gasteiger partial charge in [-0.2, -0.15) is 5.09 Å². The van der Waals surface area contributed by atoms with Gasteiger partial charge in [0, 0.05) is 17.8 Å². The summed E-state index contributed by atoms with van der Waals surface area (Å²) in [6.07, 6.45) is 1.14. The zero-order chi connectivity index (χ0) is 27.8. The quantitative estimate of drug-likeness (QED) is 0.267. The molecule has 3 aromatic rings. The zero-order valence-corrected chi connectivity index (χ0v) is 23.4.